The summed E-state index contributed by atoms with van der Waals surface area (Å²) in [6.07, 6.45) is 0.0630. The minimum Gasteiger partial charge on any atom is -0.496 e. The minimum atomic E-state index is -0.511. The Morgan fingerprint density at radius 3 is 2.32 bits per heavy atom. The molecule has 1 atom stereocenters. The van der Waals surface area contributed by atoms with Crippen molar-refractivity contribution in [2.24, 2.45) is 5.92 Å². The van der Waals surface area contributed by atoms with Crippen molar-refractivity contribution in [1.82, 2.24) is 9.80 Å². The fraction of sp³-hybridized carbons (Fsp3) is 0.348. The summed E-state index contributed by atoms with van der Waals surface area (Å²) >= 11 is 0. The molecule has 0 radical (unpaired) electrons. The van der Waals surface area contributed by atoms with Crippen LogP contribution in [0.1, 0.15) is 16.8 Å². The number of para-hydroxylation sites is 2. The molecule has 2 aromatic carbocycles. The Morgan fingerprint density at radius 2 is 1.61 bits per heavy atom. The van der Waals surface area contributed by atoms with Crippen molar-refractivity contribution < 1.29 is 23.5 Å². The molecule has 4 rings (SSSR count). The average molecular weight is 425 g/mol. The first kappa shape index (κ1) is 20.8. The second-order valence-electron chi connectivity index (χ2n) is 7.67. The first-order valence-electron chi connectivity index (χ1n) is 10.3. The van der Waals surface area contributed by atoms with E-state index in [0.29, 0.717) is 37.5 Å². The topological polar surface area (TPSA) is 70.2 Å². The molecule has 0 spiro atoms. The lowest BCUT2D eigenvalue weighted by atomic mass is 10.1. The molecule has 0 bridgehead atoms. The molecule has 8 heteroatoms. The smallest absolute Gasteiger partial charge is 0.257 e. The number of hydrogen-bond acceptors (Lipinski definition) is 4. The number of rotatable bonds is 4. The van der Waals surface area contributed by atoms with E-state index in [1.807, 2.05) is 0 Å². The number of hydrogen-bond donors (Lipinski definition) is 0. The number of benzene rings is 2. The maximum absolute atomic E-state index is 14.1. The molecule has 2 saturated heterocycles. The van der Waals surface area contributed by atoms with Crippen LogP contribution >= 0.6 is 0 Å². The van der Waals surface area contributed by atoms with E-state index >= 15 is 0 Å². The molecule has 0 aliphatic carbocycles. The lowest BCUT2D eigenvalue weighted by molar-refractivity contribution is -0.137. The van der Waals surface area contributed by atoms with Gasteiger partial charge in [-0.05, 0) is 24.3 Å². The lowest BCUT2D eigenvalue weighted by Gasteiger charge is -2.36. The average Bonchev–Trinajstić information content (AvgIpc) is 3.19. The second kappa shape index (κ2) is 8.75. The third-order valence-electron chi connectivity index (χ3n) is 5.83. The highest BCUT2D eigenvalue weighted by atomic mass is 19.1. The zero-order valence-corrected chi connectivity index (χ0v) is 17.3. The predicted octanol–water partition coefficient (Wildman–Crippen LogP) is 2.17. The van der Waals surface area contributed by atoms with Crippen molar-refractivity contribution in [2.45, 2.75) is 6.42 Å². The highest BCUT2D eigenvalue weighted by Crippen LogP contribution is 2.28. The summed E-state index contributed by atoms with van der Waals surface area (Å²) in [5.74, 6) is -0.990. The van der Waals surface area contributed by atoms with Crippen LogP contribution in [0.15, 0.2) is 48.5 Å². The summed E-state index contributed by atoms with van der Waals surface area (Å²) in [6.45, 7) is 1.76. The number of piperazine rings is 1. The zero-order chi connectivity index (χ0) is 22.0. The Labute approximate surface area is 180 Å². The van der Waals surface area contributed by atoms with Crippen LogP contribution < -0.4 is 9.64 Å². The van der Waals surface area contributed by atoms with Crippen molar-refractivity contribution in [2.75, 3.05) is 44.7 Å². The van der Waals surface area contributed by atoms with E-state index in [-0.39, 0.29) is 36.4 Å². The predicted molar refractivity (Wildman–Crippen MR) is 112 cm³/mol. The molecular formula is C23H24FN3O4. The second-order valence-corrected chi connectivity index (χ2v) is 7.67. The standard InChI is InChI=1S/C23H24FN3O4/c1-31-20-9-5-2-6-17(20)23(30)26-12-10-25(11-13-26)22(29)16-14-21(28)27(15-16)19-8-4-3-7-18(19)24/h2-9,16H,10-15H2,1H3/t16-/m0/s1. The fourth-order valence-corrected chi connectivity index (χ4v) is 4.16. The molecule has 0 unspecified atom stereocenters. The molecule has 162 valence electrons. The summed E-state index contributed by atoms with van der Waals surface area (Å²) in [5, 5.41) is 0. The Bertz CT molecular complexity index is 1000. The number of nitrogens with zero attached hydrogens (tertiary/aromatic N) is 3. The van der Waals surface area contributed by atoms with E-state index < -0.39 is 11.7 Å². The lowest BCUT2D eigenvalue weighted by Crippen LogP contribution is -2.52. The van der Waals surface area contributed by atoms with Gasteiger partial charge in [-0.15, -0.1) is 0 Å². The van der Waals surface area contributed by atoms with Crippen LogP contribution in [0, 0.1) is 11.7 Å². The van der Waals surface area contributed by atoms with Gasteiger partial charge in [0.15, 0.2) is 0 Å². The van der Waals surface area contributed by atoms with Crippen LogP contribution in [-0.2, 0) is 9.59 Å². The largest absolute Gasteiger partial charge is 0.496 e. The van der Waals surface area contributed by atoms with Crippen molar-refractivity contribution in [1.29, 1.82) is 0 Å². The number of amides is 3. The van der Waals surface area contributed by atoms with Crippen molar-refractivity contribution >= 4 is 23.4 Å². The molecule has 2 heterocycles. The maximum Gasteiger partial charge on any atom is 0.257 e. The van der Waals surface area contributed by atoms with E-state index in [4.69, 9.17) is 4.74 Å². The van der Waals surface area contributed by atoms with Crippen LogP contribution in [0.4, 0.5) is 10.1 Å². The first-order valence-corrected chi connectivity index (χ1v) is 10.3. The number of anilines is 1. The molecule has 2 fully saturated rings. The summed E-state index contributed by atoms with van der Waals surface area (Å²) in [5.41, 5.74) is 0.696. The molecule has 31 heavy (non-hydrogen) atoms. The number of ether oxygens (including phenoxy) is 1. The number of carbonyl (C=O) groups excluding carboxylic acids is 3. The van der Waals surface area contributed by atoms with Crippen LogP contribution in [-0.4, -0.2) is 67.4 Å². The third-order valence-corrected chi connectivity index (χ3v) is 5.83. The van der Waals surface area contributed by atoms with Gasteiger partial charge in [0, 0.05) is 39.1 Å². The highest BCUT2D eigenvalue weighted by molar-refractivity contribution is 6.00. The maximum atomic E-state index is 14.1. The minimum absolute atomic E-state index is 0.0630. The molecule has 2 aromatic rings. The molecular weight excluding hydrogens is 401 g/mol. The highest BCUT2D eigenvalue weighted by Gasteiger charge is 2.39. The van der Waals surface area contributed by atoms with Gasteiger partial charge in [-0.3, -0.25) is 14.4 Å². The van der Waals surface area contributed by atoms with E-state index in [2.05, 4.69) is 0 Å². The van der Waals surface area contributed by atoms with E-state index in [1.54, 1.807) is 52.3 Å². The van der Waals surface area contributed by atoms with Crippen LogP contribution in [0.25, 0.3) is 0 Å². The van der Waals surface area contributed by atoms with Crippen molar-refractivity contribution in [3.05, 3.63) is 59.9 Å². The van der Waals surface area contributed by atoms with Crippen LogP contribution in [0.3, 0.4) is 0 Å². The Morgan fingerprint density at radius 1 is 0.968 bits per heavy atom. The molecule has 0 N–H and O–H groups in total. The zero-order valence-electron chi connectivity index (χ0n) is 17.3. The summed E-state index contributed by atoms with van der Waals surface area (Å²) in [6, 6.07) is 13.1. The first-order chi connectivity index (χ1) is 15.0. The van der Waals surface area contributed by atoms with E-state index in [0.717, 1.165) is 0 Å². The molecule has 2 aliphatic heterocycles. The molecule has 2 aliphatic rings. The van der Waals surface area contributed by atoms with Crippen molar-refractivity contribution in [3.8, 4) is 5.75 Å². The fourth-order valence-electron chi connectivity index (χ4n) is 4.16. The van der Waals surface area contributed by atoms with Crippen LogP contribution in [0.2, 0.25) is 0 Å². The van der Waals surface area contributed by atoms with Gasteiger partial charge >= 0.3 is 0 Å². The van der Waals surface area contributed by atoms with Gasteiger partial charge in [-0.1, -0.05) is 24.3 Å². The summed E-state index contributed by atoms with van der Waals surface area (Å²) in [7, 11) is 1.52. The molecule has 7 nitrogen and oxygen atoms in total. The van der Waals surface area contributed by atoms with Crippen LogP contribution in [0.5, 0.6) is 5.75 Å². The van der Waals surface area contributed by atoms with E-state index in [9.17, 15) is 18.8 Å². The molecule has 3 amide bonds. The number of halogens is 1. The Kier molecular flexibility index (Phi) is 5.88. The van der Waals surface area contributed by atoms with Gasteiger partial charge in [0.2, 0.25) is 11.8 Å². The van der Waals surface area contributed by atoms with Gasteiger partial charge in [-0.25, -0.2) is 4.39 Å². The number of carbonyl (C=O) groups is 3. The quantitative estimate of drug-likeness (QED) is 0.753. The van der Waals surface area contributed by atoms with E-state index in [1.165, 1.54) is 18.1 Å². The summed E-state index contributed by atoms with van der Waals surface area (Å²) in [4.78, 5) is 43.0. The van der Waals surface area contributed by atoms with Gasteiger partial charge < -0.3 is 19.4 Å². The van der Waals surface area contributed by atoms with Gasteiger partial charge in [-0.2, -0.15) is 0 Å². The third kappa shape index (κ3) is 4.10. The Balaban J connectivity index is 1.37. The molecule has 0 saturated carbocycles. The van der Waals surface area contributed by atoms with Gasteiger partial charge in [0.05, 0.1) is 24.3 Å². The Hall–Kier alpha value is -3.42. The van der Waals surface area contributed by atoms with Gasteiger partial charge in [0.1, 0.15) is 11.6 Å². The summed E-state index contributed by atoms with van der Waals surface area (Å²) < 4.78 is 19.3. The number of methoxy groups -OCH3 is 1. The molecule has 0 aromatic heterocycles. The van der Waals surface area contributed by atoms with Gasteiger partial charge in [0.25, 0.3) is 5.91 Å². The monoisotopic (exact) mass is 425 g/mol. The normalized spacial score (nSPS) is 19.0. The van der Waals surface area contributed by atoms with Crippen molar-refractivity contribution in [3.63, 3.8) is 0 Å². The SMILES string of the molecule is COc1ccccc1C(=O)N1CCN(C(=O)[C@H]2CC(=O)N(c3ccccc3F)C2)CC1.